The van der Waals surface area contributed by atoms with Gasteiger partial charge in [-0.25, -0.2) is 0 Å². The molecule has 2 aliphatic heterocycles. The fraction of sp³-hybridized carbons (Fsp3) is 0.129. The van der Waals surface area contributed by atoms with Gasteiger partial charge in [0.15, 0.2) is 0 Å². The Bertz CT molecular complexity index is 3090. The number of nitrogens with zero attached hydrogens (tertiary/aromatic N) is 2. The van der Waals surface area contributed by atoms with Gasteiger partial charge in [0.1, 0.15) is 0 Å². The third kappa shape index (κ3) is 6.39. The summed E-state index contributed by atoms with van der Waals surface area (Å²) in [6.07, 6.45) is 0. The van der Waals surface area contributed by atoms with Crippen molar-refractivity contribution in [1.29, 1.82) is 0 Å². The molecule has 11 rings (SSSR count). The van der Waals surface area contributed by atoms with E-state index < -0.39 is 0 Å². The third-order valence-electron chi connectivity index (χ3n) is 14.3. The lowest BCUT2D eigenvalue weighted by Gasteiger charge is -2.45. The number of anilines is 6. The SMILES string of the molecule is Cc1cccc(C)c1-c1ccc2c(c1)B1c3cc(-c4c(C)cccc4C)ccc3N(c3ccccc3-c3c(C)cccc3C)c3cccc(c31)N2c1ccccc1-c1c(C)cccc1C. The first kappa shape index (κ1) is 40.4. The average molecular weight is 837 g/mol. The largest absolute Gasteiger partial charge is 0.311 e. The first-order valence-electron chi connectivity index (χ1n) is 23.1. The van der Waals surface area contributed by atoms with Crippen molar-refractivity contribution in [3.8, 4) is 44.5 Å². The van der Waals surface area contributed by atoms with Crippen LogP contribution in [0.1, 0.15) is 44.5 Å². The van der Waals surface area contributed by atoms with Crippen LogP contribution in [0, 0.1) is 55.4 Å². The van der Waals surface area contributed by atoms with E-state index in [9.17, 15) is 0 Å². The maximum absolute atomic E-state index is 2.58. The van der Waals surface area contributed by atoms with Gasteiger partial charge in [0.25, 0.3) is 6.71 Å². The summed E-state index contributed by atoms with van der Waals surface area (Å²) >= 11 is 0. The van der Waals surface area contributed by atoms with Crippen LogP contribution in [0.25, 0.3) is 44.5 Å². The molecule has 0 fully saturated rings. The van der Waals surface area contributed by atoms with Crippen molar-refractivity contribution in [3.63, 3.8) is 0 Å². The van der Waals surface area contributed by atoms with Gasteiger partial charge in [0.2, 0.25) is 0 Å². The van der Waals surface area contributed by atoms with E-state index in [1.165, 1.54) is 140 Å². The molecule has 0 aromatic heterocycles. The van der Waals surface area contributed by atoms with Crippen LogP contribution in [0.3, 0.4) is 0 Å². The fourth-order valence-corrected chi connectivity index (χ4v) is 11.6. The minimum absolute atomic E-state index is 0.0491. The van der Waals surface area contributed by atoms with Gasteiger partial charge in [-0.05, 0) is 186 Å². The lowest BCUT2D eigenvalue weighted by atomic mass is 9.33. The van der Waals surface area contributed by atoms with E-state index in [-0.39, 0.29) is 6.71 Å². The molecule has 3 heteroatoms. The Morgan fingerprint density at radius 3 is 0.954 bits per heavy atom. The summed E-state index contributed by atoms with van der Waals surface area (Å²) in [5, 5.41) is 0. The van der Waals surface area contributed by atoms with E-state index in [0.29, 0.717) is 0 Å². The second kappa shape index (κ2) is 15.7. The smallest absolute Gasteiger partial charge is 0.252 e. The molecule has 0 radical (unpaired) electrons. The van der Waals surface area contributed by atoms with Crippen molar-refractivity contribution in [3.05, 3.63) is 220 Å². The minimum Gasteiger partial charge on any atom is -0.311 e. The zero-order valence-corrected chi connectivity index (χ0v) is 38.7. The lowest BCUT2D eigenvalue weighted by Crippen LogP contribution is -2.61. The van der Waals surface area contributed by atoms with E-state index in [2.05, 4.69) is 241 Å². The van der Waals surface area contributed by atoms with E-state index in [1.807, 2.05) is 0 Å². The number of aryl methyl sites for hydroxylation is 8. The second-order valence-electron chi connectivity index (χ2n) is 18.5. The molecule has 314 valence electrons. The van der Waals surface area contributed by atoms with Crippen molar-refractivity contribution in [2.24, 2.45) is 0 Å². The average Bonchev–Trinajstić information content (AvgIpc) is 3.29. The van der Waals surface area contributed by atoms with Crippen LogP contribution >= 0.6 is 0 Å². The minimum atomic E-state index is -0.0491. The Morgan fingerprint density at radius 1 is 0.277 bits per heavy atom. The van der Waals surface area contributed by atoms with Crippen LogP contribution in [-0.4, -0.2) is 6.71 Å². The van der Waals surface area contributed by atoms with Crippen LogP contribution in [0.15, 0.2) is 176 Å². The molecule has 2 aliphatic rings. The number of hydrogen-bond acceptors (Lipinski definition) is 2. The molecule has 0 N–H and O–H groups in total. The topological polar surface area (TPSA) is 6.48 Å². The van der Waals surface area contributed by atoms with E-state index >= 15 is 0 Å². The normalized spacial score (nSPS) is 12.5. The molecule has 0 amide bonds. The van der Waals surface area contributed by atoms with Crippen LogP contribution in [-0.2, 0) is 0 Å². The predicted molar refractivity (Wildman–Crippen MR) is 280 cm³/mol. The highest BCUT2D eigenvalue weighted by molar-refractivity contribution is 7.00. The lowest BCUT2D eigenvalue weighted by molar-refractivity contribution is 1.25. The molecular formula is C62H53BN2. The van der Waals surface area contributed by atoms with Gasteiger partial charge in [-0.15, -0.1) is 0 Å². The molecule has 0 saturated carbocycles. The Morgan fingerprint density at radius 2 is 0.585 bits per heavy atom. The van der Waals surface area contributed by atoms with E-state index in [1.54, 1.807) is 0 Å². The van der Waals surface area contributed by atoms with Gasteiger partial charge >= 0.3 is 0 Å². The quantitative estimate of drug-likeness (QED) is 0.154. The standard InChI is InChI=1S/C62H53BN2/c1-38-18-13-19-39(2)58(38)46-32-34-54-50(36-46)63-51-37-47(59-40(3)20-14-21-41(59)4)33-35-55(51)65(53-29-12-10-27-49(53)61-44(7)24-16-25-45(61)8)57-31-17-30-56(62(57)63)64(54)52-28-11-9-26-48(52)60-42(5)22-15-23-43(60)6/h9-37H,1-8H3. The second-order valence-corrected chi connectivity index (χ2v) is 18.5. The molecule has 0 unspecified atom stereocenters. The molecule has 0 spiro atoms. The fourth-order valence-electron chi connectivity index (χ4n) is 11.6. The van der Waals surface area contributed by atoms with Crippen molar-refractivity contribution in [1.82, 2.24) is 0 Å². The molecule has 9 aromatic carbocycles. The van der Waals surface area contributed by atoms with E-state index in [4.69, 9.17) is 0 Å². The Labute approximate surface area is 385 Å². The van der Waals surface area contributed by atoms with Gasteiger partial charge in [0.05, 0.1) is 11.4 Å². The van der Waals surface area contributed by atoms with Crippen molar-refractivity contribution in [2.45, 2.75) is 55.4 Å². The molecule has 2 nitrogen and oxygen atoms in total. The van der Waals surface area contributed by atoms with Crippen LogP contribution in [0.4, 0.5) is 34.1 Å². The molecular weight excluding hydrogens is 784 g/mol. The van der Waals surface area contributed by atoms with Crippen molar-refractivity contribution < 1.29 is 0 Å². The van der Waals surface area contributed by atoms with Crippen molar-refractivity contribution >= 4 is 57.2 Å². The predicted octanol–water partition coefficient (Wildman–Crippen LogP) is 14.9. The first-order chi connectivity index (χ1) is 31.6. The van der Waals surface area contributed by atoms with Gasteiger partial charge in [-0.1, -0.05) is 140 Å². The van der Waals surface area contributed by atoms with Crippen LogP contribution < -0.4 is 26.2 Å². The van der Waals surface area contributed by atoms with Gasteiger partial charge < -0.3 is 9.80 Å². The van der Waals surface area contributed by atoms with Crippen LogP contribution in [0.5, 0.6) is 0 Å². The summed E-state index contributed by atoms with van der Waals surface area (Å²) in [4.78, 5) is 5.16. The number of rotatable bonds is 6. The number of fused-ring (bicyclic) bond motifs is 4. The molecule has 2 heterocycles. The van der Waals surface area contributed by atoms with E-state index in [0.717, 1.165) is 0 Å². The molecule has 9 aromatic rings. The summed E-state index contributed by atoms with van der Waals surface area (Å²) in [5.41, 5.74) is 31.5. The Kier molecular flexibility index (Phi) is 9.77. The summed E-state index contributed by atoms with van der Waals surface area (Å²) in [7, 11) is 0. The highest BCUT2D eigenvalue weighted by Crippen LogP contribution is 2.49. The maximum Gasteiger partial charge on any atom is 0.252 e. The zero-order valence-electron chi connectivity index (χ0n) is 38.7. The van der Waals surface area contributed by atoms with Gasteiger partial charge in [0, 0.05) is 33.9 Å². The Balaban J connectivity index is 1.27. The highest BCUT2D eigenvalue weighted by Gasteiger charge is 2.44. The molecule has 65 heavy (non-hydrogen) atoms. The summed E-state index contributed by atoms with van der Waals surface area (Å²) in [6.45, 7) is 17.9. The third-order valence-corrected chi connectivity index (χ3v) is 14.3. The van der Waals surface area contributed by atoms with Crippen molar-refractivity contribution in [2.75, 3.05) is 9.80 Å². The summed E-state index contributed by atoms with van der Waals surface area (Å²) in [5.74, 6) is 0. The molecule has 0 bridgehead atoms. The summed E-state index contributed by atoms with van der Waals surface area (Å²) in [6, 6.07) is 66.4. The van der Waals surface area contributed by atoms with Gasteiger partial charge in [-0.3, -0.25) is 0 Å². The maximum atomic E-state index is 2.58. The first-order valence-corrected chi connectivity index (χ1v) is 23.1. The number of benzene rings is 9. The number of para-hydroxylation sites is 2. The zero-order chi connectivity index (χ0) is 44.7. The highest BCUT2D eigenvalue weighted by atomic mass is 15.2. The van der Waals surface area contributed by atoms with Crippen LogP contribution in [0.2, 0.25) is 0 Å². The number of hydrogen-bond donors (Lipinski definition) is 0. The molecule has 0 aliphatic carbocycles. The molecule has 0 atom stereocenters. The Hall–Kier alpha value is -7.36. The molecule has 0 saturated heterocycles. The monoisotopic (exact) mass is 836 g/mol. The van der Waals surface area contributed by atoms with Gasteiger partial charge in [-0.2, -0.15) is 0 Å². The summed E-state index contributed by atoms with van der Waals surface area (Å²) < 4.78 is 0.